The van der Waals surface area contributed by atoms with Crippen molar-refractivity contribution in [1.29, 1.82) is 0 Å². The van der Waals surface area contributed by atoms with Crippen LogP contribution >= 0.6 is 11.3 Å². The molecule has 0 N–H and O–H groups in total. The van der Waals surface area contributed by atoms with Gasteiger partial charge in [0.15, 0.2) is 0 Å². The smallest absolute Gasteiger partial charge is 0.0380 e. The number of hydrogen-bond acceptors (Lipinski definition) is 1. The van der Waals surface area contributed by atoms with Gasteiger partial charge in [-0.3, -0.25) is 0 Å². The first-order valence-corrected chi connectivity index (χ1v) is 7.38. The molecular weight excluding hydrogens is 224 g/mol. The Labute approximate surface area is 110 Å². The molecule has 0 aliphatic rings. The van der Waals surface area contributed by atoms with Crippen LogP contribution in [0.4, 0.5) is 0 Å². The average molecular weight is 248 g/mol. The monoisotopic (exact) mass is 248 g/mol. The summed E-state index contributed by atoms with van der Waals surface area (Å²) >= 11 is 1.86. The Hall–Kier alpha value is -0.820. The maximum atomic E-state index is 2.34. The van der Waals surface area contributed by atoms with Gasteiger partial charge in [0.2, 0.25) is 0 Å². The van der Waals surface area contributed by atoms with E-state index in [1.165, 1.54) is 15.6 Å². The molecule has 1 aromatic heterocycles. The molecule has 0 fully saturated rings. The molecule has 0 amide bonds. The highest BCUT2D eigenvalue weighted by Crippen LogP contribution is 2.37. The lowest BCUT2D eigenvalue weighted by Crippen LogP contribution is -2.24. The molecule has 0 aliphatic carbocycles. The number of rotatable bonds is 2. The van der Waals surface area contributed by atoms with Crippen LogP contribution in [0.5, 0.6) is 0 Å². The van der Waals surface area contributed by atoms with E-state index in [0.29, 0.717) is 5.92 Å². The second-order valence-corrected chi connectivity index (χ2v) is 5.94. The fourth-order valence-corrected chi connectivity index (χ4v) is 2.89. The van der Waals surface area contributed by atoms with E-state index in [4.69, 9.17) is 0 Å². The number of hydrogen-bond donors (Lipinski definition) is 0. The van der Waals surface area contributed by atoms with Gasteiger partial charge in [-0.05, 0) is 33.7 Å². The van der Waals surface area contributed by atoms with E-state index in [0.717, 1.165) is 0 Å². The predicted octanol–water partition coefficient (Wildman–Crippen LogP) is 5.86. The minimum Gasteiger partial charge on any atom is -0.144 e. The summed E-state index contributed by atoms with van der Waals surface area (Å²) < 4.78 is 1.45. The quantitative estimate of drug-likeness (QED) is 0.624. The topological polar surface area (TPSA) is 0 Å². The van der Waals surface area contributed by atoms with Crippen molar-refractivity contribution in [3.8, 4) is 0 Å². The third-order valence-electron chi connectivity index (χ3n) is 3.62. The molecule has 2 aromatic rings. The third-order valence-corrected chi connectivity index (χ3v) is 4.58. The van der Waals surface area contributed by atoms with Crippen molar-refractivity contribution in [3.05, 3.63) is 35.2 Å². The fraction of sp³-hybridized carbons (Fsp3) is 0.500. The molecule has 1 heteroatoms. The molecule has 94 valence electrons. The zero-order valence-electron chi connectivity index (χ0n) is 11.9. The van der Waals surface area contributed by atoms with Crippen molar-refractivity contribution in [3.63, 3.8) is 0 Å². The molecule has 0 spiro atoms. The van der Waals surface area contributed by atoms with E-state index in [9.17, 15) is 0 Å². The van der Waals surface area contributed by atoms with Crippen LogP contribution < -0.4 is 0 Å². The third kappa shape index (κ3) is 2.71. The standard InChI is InChI=1S/C14H18S.C2H6/c1-10(2)14(3,4)12-7-5-6-11-8-9-15-13(11)12;1-2/h5-10H,1-4H3;1-2H3. The van der Waals surface area contributed by atoms with Crippen molar-refractivity contribution in [2.75, 3.05) is 0 Å². The van der Waals surface area contributed by atoms with Crippen molar-refractivity contribution in [2.45, 2.75) is 47.0 Å². The summed E-state index contributed by atoms with van der Waals surface area (Å²) in [6.07, 6.45) is 0. The molecule has 0 radical (unpaired) electrons. The summed E-state index contributed by atoms with van der Waals surface area (Å²) in [6.45, 7) is 13.3. The highest BCUT2D eigenvalue weighted by atomic mass is 32.1. The SMILES string of the molecule is CC.CC(C)C(C)(C)c1cccc2ccsc12. The Balaban J connectivity index is 0.000000686. The summed E-state index contributed by atoms with van der Waals surface area (Å²) in [5, 5.41) is 3.57. The van der Waals surface area contributed by atoms with E-state index >= 15 is 0 Å². The maximum Gasteiger partial charge on any atom is 0.0380 e. The number of thiophene rings is 1. The molecular formula is C16H24S. The van der Waals surface area contributed by atoms with Gasteiger partial charge in [-0.1, -0.05) is 59.7 Å². The van der Waals surface area contributed by atoms with Gasteiger partial charge in [0.05, 0.1) is 0 Å². The van der Waals surface area contributed by atoms with Crippen LogP contribution in [0.3, 0.4) is 0 Å². The minimum absolute atomic E-state index is 0.254. The van der Waals surface area contributed by atoms with Crippen molar-refractivity contribution >= 4 is 21.4 Å². The average Bonchev–Trinajstić information content (AvgIpc) is 2.78. The van der Waals surface area contributed by atoms with Gasteiger partial charge in [-0.15, -0.1) is 11.3 Å². The Morgan fingerprint density at radius 3 is 2.29 bits per heavy atom. The van der Waals surface area contributed by atoms with Crippen molar-refractivity contribution < 1.29 is 0 Å². The van der Waals surface area contributed by atoms with E-state index in [-0.39, 0.29) is 5.41 Å². The lowest BCUT2D eigenvalue weighted by molar-refractivity contribution is 0.375. The number of fused-ring (bicyclic) bond motifs is 1. The summed E-state index contributed by atoms with van der Waals surface area (Å²) in [4.78, 5) is 0. The van der Waals surface area contributed by atoms with Gasteiger partial charge in [0.25, 0.3) is 0 Å². The first kappa shape index (κ1) is 14.2. The molecule has 0 atom stereocenters. The predicted molar refractivity (Wildman–Crippen MR) is 81.0 cm³/mol. The zero-order chi connectivity index (χ0) is 13.1. The van der Waals surface area contributed by atoms with Crippen LogP contribution in [0.2, 0.25) is 0 Å². The highest BCUT2D eigenvalue weighted by Gasteiger charge is 2.26. The Kier molecular flexibility index (Phi) is 4.76. The fourth-order valence-electron chi connectivity index (χ4n) is 1.81. The number of benzene rings is 1. The van der Waals surface area contributed by atoms with Crippen molar-refractivity contribution in [2.24, 2.45) is 5.92 Å². The first-order chi connectivity index (χ1) is 8.03. The van der Waals surface area contributed by atoms with Crippen LogP contribution in [0.1, 0.15) is 47.1 Å². The van der Waals surface area contributed by atoms with Gasteiger partial charge in [0, 0.05) is 4.70 Å². The molecule has 0 aliphatic heterocycles. The van der Waals surface area contributed by atoms with Gasteiger partial charge < -0.3 is 0 Å². The second-order valence-electron chi connectivity index (χ2n) is 5.02. The highest BCUT2D eigenvalue weighted by molar-refractivity contribution is 7.17. The molecule has 0 bridgehead atoms. The van der Waals surface area contributed by atoms with Crippen LogP contribution in [-0.4, -0.2) is 0 Å². The van der Waals surface area contributed by atoms with Gasteiger partial charge in [-0.2, -0.15) is 0 Å². The molecule has 1 heterocycles. The molecule has 0 nitrogen and oxygen atoms in total. The molecule has 2 rings (SSSR count). The van der Waals surface area contributed by atoms with Crippen LogP contribution in [0, 0.1) is 5.92 Å². The molecule has 1 aromatic carbocycles. The molecule has 17 heavy (non-hydrogen) atoms. The Morgan fingerprint density at radius 1 is 1.06 bits per heavy atom. The zero-order valence-corrected chi connectivity index (χ0v) is 12.7. The molecule has 0 saturated heterocycles. The maximum absolute atomic E-state index is 2.34. The largest absolute Gasteiger partial charge is 0.144 e. The Bertz CT molecular complexity index is 463. The first-order valence-electron chi connectivity index (χ1n) is 6.50. The second kappa shape index (κ2) is 5.68. The van der Waals surface area contributed by atoms with Crippen LogP contribution in [-0.2, 0) is 5.41 Å². The van der Waals surface area contributed by atoms with E-state index in [2.05, 4.69) is 57.3 Å². The lowest BCUT2D eigenvalue weighted by Gasteiger charge is -2.30. The summed E-state index contributed by atoms with van der Waals surface area (Å²) in [5.74, 6) is 0.658. The minimum atomic E-state index is 0.254. The molecule has 0 unspecified atom stereocenters. The Morgan fingerprint density at radius 2 is 1.71 bits per heavy atom. The molecule has 0 saturated carbocycles. The van der Waals surface area contributed by atoms with E-state index in [1.54, 1.807) is 0 Å². The summed E-state index contributed by atoms with van der Waals surface area (Å²) in [7, 11) is 0. The van der Waals surface area contributed by atoms with Gasteiger partial charge in [-0.25, -0.2) is 0 Å². The van der Waals surface area contributed by atoms with E-state index in [1.807, 2.05) is 25.2 Å². The normalized spacial score (nSPS) is 11.5. The van der Waals surface area contributed by atoms with E-state index < -0.39 is 0 Å². The van der Waals surface area contributed by atoms with Crippen LogP contribution in [0.25, 0.3) is 10.1 Å². The summed E-state index contributed by atoms with van der Waals surface area (Å²) in [6, 6.07) is 8.86. The van der Waals surface area contributed by atoms with Gasteiger partial charge in [0.1, 0.15) is 0 Å². The van der Waals surface area contributed by atoms with Crippen molar-refractivity contribution in [1.82, 2.24) is 0 Å². The summed E-state index contributed by atoms with van der Waals surface area (Å²) in [5.41, 5.74) is 1.75. The van der Waals surface area contributed by atoms with Crippen LogP contribution in [0.15, 0.2) is 29.6 Å². The van der Waals surface area contributed by atoms with Gasteiger partial charge >= 0.3 is 0 Å². The lowest BCUT2D eigenvalue weighted by atomic mass is 9.75.